The van der Waals surface area contributed by atoms with Crippen LogP contribution in [0, 0.1) is 0 Å². The third kappa shape index (κ3) is 5.89. The Bertz CT molecular complexity index is 1710. The van der Waals surface area contributed by atoms with Gasteiger partial charge in [0.2, 0.25) is 0 Å². The van der Waals surface area contributed by atoms with Crippen LogP contribution >= 0.6 is 0 Å². The quantitative estimate of drug-likeness (QED) is 0.234. The number of methoxy groups -OCH3 is 2. The maximum atomic E-state index is 12.9. The van der Waals surface area contributed by atoms with Gasteiger partial charge in [-0.25, -0.2) is 9.97 Å². The van der Waals surface area contributed by atoms with Gasteiger partial charge in [0, 0.05) is 42.8 Å². The van der Waals surface area contributed by atoms with E-state index in [4.69, 9.17) is 9.47 Å². The second-order valence-electron chi connectivity index (χ2n) is 10.3. The molecule has 0 saturated heterocycles. The van der Waals surface area contributed by atoms with E-state index in [9.17, 15) is 4.79 Å². The van der Waals surface area contributed by atoms with Crippen LogP contribution in [0.5, 0.6) is 11.5 Å². The van der Waals surface area contributed by atoms with E-state index < -0.39 is 0 Å². The average molecular weight is 560 g/mol. The monoisotopic (exact) mass is 559 g/mol. The second-order valence-corrected chi connectivity index (χ2v) is 10.3. The molecule has 6 rings (SSSR count). The van der Waals surface area contributed by atoms with Gasteiger partial charge in [-0.05, 0) is 77.2 Å². The number of nitrogens with one attached hydrogen (secondary N) is 2. The molecule has 1 aliphatic rings. The molecule has 0 spiro atoms. The van der Waals surface area contributed by atoms with E-state index in [0.29, 0.717) is 12.1 Å². The summed E-state index contributed by atoms with van der Waals surface area (Å²) >= 11 is 0. The number of amides is 1. The minimum atomic E-state index is -0.0772. The molecule has 8 heteroatoms. The van der Waals surface area contributed by atoms with Crippen molar-refractivity contribution in [1.29, 1.82) is 0 Å². The number of para-hydroxylation sites is 1. The van der Waals surface area contributed by atoms with Crippen molar-refractivity contribution in [2.24, 2.45) is 0 Å². The number of hydrogen-bond acceptors (Lipinski definition) is 7. The fourth-order valence-corrected chi connectivity index (χ4v) is 5.37. The standard InChI is InChI=1S/C34H33N5O3/c1-41-31-19-26-14-16-39(21-27(26)20-32(31)42-2)17-15-35-34(40)24-10-8-23(9-11-24)25-12-13-30-29(18-25)33(37-22-36-30)38-28-6-4-3-5-7-28/h3-13,18-20,22H,14-17,21H2,1-2H3,(H,35,40)(H,36,37,38). The van der Waals surface area contributed by atoms with Crippen LogP contribution in [0.4, 0.5) is 11.5 Å². The van der Waals surface area contributed by atoms with Crippen molar-refractivity contribution < 1.29 is 14.3 Å². The Labute approximate surface area is 245 Å². The van der Waals surface area contributed by atoms with Gasteiger partial charge in [-0.1, -0.05) is 36.4 Å². The van der Waals surface area contributed by atoms with E-state index in [0.717, 1.165) is 71.1 Å². The van der Waals surface area contributed by atoms with Crippen molar-refractivity contribution in [2.75, 3.05) is 39.2 Å². The van der Waals surface area contributed by atoms with Gasteiger partial charge in [0.25, 0.3) is 5.91 Å². The third-order valence-electron chi connectivity index (χ3n) is 7.66. The summed E-state index contributed by atoms with van der Waals surface area (Å²) < 4.78 is 10.9. The summed E-state index contributed by atoms with van der Waals surface area (Å²) in [5, 5.41) is 7.39. The minimum Gasteiger partial charge on any atom is -0.493 e. The highest BCUT2D eigenvalue weighted by Crippen LogP contribution is 2.33. The first-order chi connectivity index (χ1) is 20.6. The number of carbonyl (C=O) groups is 1. The van der Waals surface area contributed by atoms with Gasteiger partial charge < -0.3 is 20.1 Å². The van der Waals surface area contributed by atoms with Crippen LogP contribution in [0.2, 0.25) is 0 Å². The maximum absolute atomic E-state index is 12.9. The topological polar surface area (TPSA) is 88.6 Å². The fraction of sp³-hybridized carbons (Fsp3) is 0.206. The van der Waals surface area contributed by atoms with Crippen molar-refractivity contribution in [3.05, 3.63) is 108 Å². The lowest BCUT2D eigenvalue weighted by Crippen LogP contribution is -2.37. The van der Waals surface area contributed by atoms with Gasteiger partial charge in [0.05, 0.1) is 19.7 Å². The lowest BCUT2D eigenvalue weighted by atomic mass is 9.99. The van der Waals surface area contributed by atoms with Crippen LogP contribution < -0.4 is 20.1 Å². The van der Waals surface area contributed by atoms with Gasteiger partial charge >= 0.3 is 0 Å². The Morgan fingerprint density at radius 3 is 2.36 bits per heavy atom. The Morgan fingerprint density at radius 1 is 0.857 bits per heavy atom. The number of fused-ring (bicyclic) bond motifs is 2. The van der Waals surface area contributed by atoms with E-state index in [1.54, 1.807) is 20.5 Å². The molecule has 0 unspecified atom stereocenters. The molecule has 5 aromatic rings. The van der Waals surface area contributed by atoms with Crippen molar-refractivity contribution in [3.63, 3.8) is 0 Å². The van der Waals surface area contributed by atoms with Crippen molar-refractivity contribution >= 4 is 28.3 Å². The molecule has 0 fully saturated rings. The number of nitrogens with zero attached hydrogens (tertiary/aromatic N) is 3. The molecule has 0 saturated carbocycles. The molecule has 1 amide bonds. The molecule has 4 aromatic carbocycles. The SMILES string of the molecule is COc1cc2c(cc1OC)CN(CCNC(=O)c1ccc(-c3ccc4ncnc(Nc5ccccc5)c4c3)cc1)CC2. The Hall–Kier alpha value is -4.95. The molecule has 2 heterocycles. The minimum absolute atomic E-state index is 0.0772. The van der Waals surface area contributed by atoms with Crippen molar-refractivity contribution in [2.45, 2.75) is 13.0 Å². The normalized spacial score (nSPS) is 12.9. The highest BCUT2D eigenvalue weighted by Gasteiger charge is 2.19. The fourth-order valence-electron chi connectivity index (χ4n) is 5.37. The number of anilines is 2. The Kier molecular flexibility index (Phi) is 7.96. The van der Waals surface area contributed by atoms with E-state index in [2.05, 4.69) is 43.7 Å². The first-order valence-electron chi connectivity index (χ1n) is 14.0. The van der Waals surface area contributed by atoms with Crippen LogP contribution in [0.25, 0.3) is 22.0 Å². The summed E-state index contributed by atoms with van der Waals surface area (Å²) in [6, 6.07) is 27.9. The molecule has 0 radical (unpaired) electrons. The number of benzene rings is 4. The molecular formula is C34H33N5O3. The van der Waals surface area contributed by atoms with Crippen LogP contribution in [0.1, 0.15) is 21.5 Å². The summed E-state index contributed by atoms with van der Waals surface area (Å²) in [4.78, 5) is 24.1. The van der Waals surface area contributed by atoms with Crippen LogP contribution in [-0.2, 0) is 13.0 Å². The predicted octanol–water partition coefficient (Wildman–Crippen LogP) is 5.85. The molecule has 0 bridgehead atoms. The van der Waals surface area contributed by atoms with Crippen molar-refractivity contribution in [1.82, 2.24) is 20.2 Å². The first-order valence-corrected chi connectivity index (χ1v) is 14.0. The maximum Gasteiger partial charge on any atom is 0.251 e. The number of aromatic nitrogens is 2. The zero-order valence-corrected chi connectivity index (χ0v) is 23.8. The summed E-state index contributed by atoms with van der Waals surface area (Å²) in [6.07, 6.45) is 2.51. The molecule has 2 N–H and O–H groups in total. The van der Waals surface area contributed by atoms with E-state index >= 15 is 0 Å². The molecule has 1 aliphatic heterocycles. The smallest absolute Gasteiger partial charge is 0.251 e. The summed E-state index contributed by atoms with van der Waals surface area (Å²) in [5.74, 6) is 2.19. The molecule has 212 valence electrons. The number of ether oxygens (including phenoxy) is 2. The lowest BCUT2D eigenvalue weighted by molar-refractivity contribution is 0.0947. The molecule has 8 nitrogen and oxygen atoms in total. The average Bonchev–Trinajstić information content (AvgIpc) is 3.04. The summed E-state index contributed by atoms with van der Waals surface area (Å²) in [6.45, 7) is 3.10. The van der Waals surface area contributed by atoms with Crippen LogP contribution in [0.3, 0.4) is 0 Å². The van der Waals surface area contributed by atoms with Gasteiger partial charge in [-0.3, -0.25) is 9.69 Å². The van der Waals surface area contributed by atoms with Crippen LogP contribution in [0.15, 0.2) is 91.3 Å². The second kappa shape index (κ2) is 12.3. The molecule has 1 aromatic heterocycles. The third-order valence-corrected chi connectivity index (χ3v) is 7.66. The first kappa shape index (κ1) is 27.2. The van der Waals surface area contributed by atoms with Crippen molar-refractivity contribution in [3.8, 4) is 22.6 Å². The molecule has 0 atom stereocenters. The molecule has 42 heavy (non-hydrogen) atoms. The van der Waals surface area contributed by atoms with E-state index in [-0.39, 0.29) is 5.91 Å². The van der Waals surface area contributed by atoms with E-state index in [1.807, 2.05) is 66.7 Å². The molecular weight excluding hydrogens is 526 g/mol. The largest absolute Gasteiger partial charge is 0.493 e. The van der Waals surface area contributed by atoms with Crippen LogP contribution in [-0.4, -0.2) is 54.6 Å². The van der Waals surface area contributed by atoms with E-state index in [1.165, 1.54) is 11.1 Å². The van der Waals surface area contributed by atoms with Gasteiger partial charge in [0.15, 0.2) is 11.5 Å². The Morgan fingerprint density at radius 2 is 1.60 bits per heavy atom. The zero-order chi connectivity index (χ0) is 28.9. The van der Waals surface area contributed by atoms with Gasteiger partial charge in [-0.2, -0.15) is 0 Å². The summed E-state index contributed by atoms with van der Waals surface area (Å²) in [7, 11) is 3.32. The zero-order valence-electron chi connectivity index (χ0n) is 23.8. The number of carbonyl (C=O) groups excluding carboxylic acids is 1. The highest BCUT2D eigenvalue weighted by molar-refractivity contribution is 5.96. The number of rotatable bonds is 9. The predicted molar refractivity (Wildman–Crippen MR) is 166 cm³/mol. The van der Waals surface area contributed by atoms with Gasteiger partial charge in [-0.15, -0.1) is 0 Å². The highest BCUT2D eigenvalue weighted by atomic mass is 16.5. The number of hydrogen-bond donors (Lipinski definition) is 2. The summed E-state index contributed by atoms with van der Waals surface area (Å²) in [5.41, 5.74) is 7.03. The molecule has 0 aliphatic carbocycles. The van der Waals surface area contributed by atoms with Gasteiger partial charge in [0.1, 0.15) is 12.1 Å². The Balaban J connectivity index is 1.08. The lowest BCUT2D eigenvalue weighted by Gasteiger charge is -2.29.